The van der Waals surface area contributed by atoms with Gasteiger partial charge in [0, 0.05) is 24.0 Å². The zero-order valence-electron chi connectivity index (χ0n) is 25.0. The largest absolute Gasteiger partial charge is 0.495 e. The van der Waals surface area contributed by atoms with Crippen LogP contribution in [0.3, 0.4) is 0 Å². The lowest BCUT2D eigenvalue weighted by Crippen LogP contribution is -2.55. The van der Waals surface area contributed by atoms with Crippen molar-refractivity contribution in [1.29, 1.82) is 0 Å². The average molecular weight is 626 g/mol. The van der Waals surface area contributed by atoms with E-state index in [1.54, 1.807) is 12.1 Å². The highest BCUT2D eigenvalue weighted by atomic mass is 35.5. The molecule has 0 aromatic heterocycles. The van der Waals surface area contributed by atoms with Gasteiger partial charge in [0.15, 0.2) is 0 Å². The van der Waals surface area contributed by atoms with Gasteiger partial charge in [0.05, 0.1) is 19.1 Å². The Labute approximate surface area is 260 Å². The quantitative estimate of drug-likeness (QED) is 0.286. The highest BCUT2D eigenvalue weighted by Gasteiger charge is 2.34. The molecular weight excluding hydrogens is 586 g/mol. The molecule has 1 N–H and O–H groups in total. The van der Waals surface area contributed by atoms with Gasteiger partial charge in [0.25, 0.3) is 0 Å². The van der Waals surface area contributed by atoms with Crippen molar-refractivity contribution >= 4 is 39.1 Å². The number of nitrogens with zero attached hydrogens (tertiary/aromatic N) is 2. The second kappa shape index (κ2) is 14.8. The molecule has 4 rings (SSSR count). The number of carbonyl (C=O) groups is 2. The predicted molar refractivity (Wildman–Crippen MR) is 171 cm³/mol. The Morgan fingerprint density at radius 2 is 1.67 bits per heavy atom. The first kappa shape index (κ1) is 32.4. The number of methoxy groups -OCH3 is 1. The van der Waals surface area contributed by atoms with E-state index >= 15 is 0 Å². The molecule has 3 aromatic rings. The van der Waals surface area contributed by atoms with Crippen molar-refractivity contribution in [2.45, 2.75) is 64.1 Å². The normalized spacial score (nSPS) is 14.5. The van der Waals surface area contributed by atoms with Crippen LogP contribution < -0.4 is 14.4 Å². The van der Waals surface area contributed by atoms with E-state index in [4.69, 9.17) is 16.3 Å². The van der Waals surface area contributed by atoms with Gasteiger partial charge in [-0.1, -0.05) is 91.0 Å². The maximum Gasteiger partial charge on any atom is 0.244 e. The Bertz CT molecular complexity index is 1510. The molecule has 3 aromatic carbocycles. The monoisotopic (exact) mass is 625 g/mol. The summed E-state index contributed by atoms with van der Waals surface area (Å²) in [7, 11) is -2.54. The Morgan fingerprint density at radius 3 is 2.33 bits per heavy atom. The van der Waals surface area contributed by atoms with E-state index in [1.165, 1.54) is 18.1 Å². The average Bonchev–Trinajstić information content (AvgIpc) is 2.98. The number of rotatable bonds is 12. The third-order valence-electron chi connectivity index (χ3n) is 7.75. The Hall–Kier alpha value is -3.56. The minimum atomic E-state index is -3.96. The van der Waals surface area contributed by atoms with Crippen LogP contribution in [0.15, 0.2) is 72.8 Å². The lowest BCUT2D eigenvalue weighted by Gasteiger charge is -2.35. The van der Waals surface area contributed by atoms with Crippen molar-refractivity contribution < 1.29 is 22.7 Å². The molecule has 0 heterocycles. The summed E-state index contributed by atoms with van der Waals surface area (Å²) in [5.41, 5.74) is 2.89. The number of halogens is 1. The first-order valence-corrected chi connectivity index (χ1v) is 16.8. The first-order valence-electron chi connectivity index (χ1n) is 14.6. The Kier molecular flexibility index (Phi) is 11.1. The molecule has 10 heteroatoms. The molecule has 0 saturated heterocycles. The first-order chi connectivity index (χ1) is 20.5. The van der Waals surface area contributed by atoms with Gasteiger partial charge in [-0.2, -0.15) is 0 Å². The molecule has 2 amide bonds. The summed E-state index contributed by atoms with van der Waals surface area (Å²) in [5, 5.41) is 3.50. The van der Waals surface area contributed by atoms with E-state index in [-0.39, 0.29) is 36.4 Å². The predicted octanol–water partition coefficient (Wildman–Crippen LogP) is 5.51. The van der Waals surface area contributed by atoms with E-state index in [0.717, 1.165) is 59.4 Å². The second-order valence-corrected chi connectivity index (χ2v) is 13.5. The standard InChI is InChI=1S/C33H40ClN3O5S/c1-24-11-10-14-26(19-24)22-36(32(38)23-37(43(3,40)41)29-21-27(34)17-18-31(29)42-2)30(20-25-12-6-4-7-13-25)33(39)35-28-15-8-5-9-16-28/h4,6-7,10-14,17-19,21,28,30H,5,8-9,15-16,20,22-23H2,1-3H3,(H,35,39)/t30-/m0/s1. The molecule has 230 valence electrons. The van der Waals surface area contributed by atoms with Crippen molar-refractivity contribution in [2.75, 3.05) is 24.2 Å². The molecule has 1 atom stereocenters. The van der Waals surface area contributed by atoms with Crippen LogP contribution in [-0.2, 0) is 32.6 Å². The Balaban J connectivity index is 1.75. The summed E-state index contributed by atoms with van der Waals surface area (Å²) in [6, 6.07) is 21.0. The van der Waals surface area contributed by atoms with E-state index in [1.807, 2.05) is 61.5 Å². The van der Waals surface area contributed by atoms with E-state index < -0.39 is 28.5 Å². The fourth-order valence-corrected chi connectivity index (χ4v) is 6.57. The van der Waals surface area contributed by atoms with E-state index in [2.05, 4.69) is 5.32 Å². The number of anilines is 1. The number of aryl methyl sites for hydroxylation is 1. The summed E-state index contributed by atoms with van der Waals surface area (Å²) in [5.74, 6) is -0.514. The van der Waals surface area contributed by atoms with Crippen LogP contribution in [-0.4, -0.2) is 57.1 Å². The van der Waals surface area contributed by atoms with E-state index in [0.29, 0.717) is 5.02 Å². The van der Waals surface area contributed by atoms with Crippen LogP contribution in [0.2, 0.25) is 5.02 Å². The van der Waals surface area contributed by atoms with Gasteiger partial charge in [-0.05, 0) is 49.1 Å². The molecule has 1 aliphatic rings. The maximum atomic E-state index is 14.3. The highest BCUT2D eigenvalue weighted by Crippen LogP contribution is 2.33. The molecule has 0 radical (unpaired) electrons. The summed E-state index contributed by atoms with van der Waals surface area (Å²) in [6.45, 7) is 1.55. The number of hydrogen-bond acceptors (Lipinski definition) is 5. The lowest BCUT2D eigenvalue weighted by molar-refractivity contribution is -0.140. The number of nitrogens with one attached hydrogen (secondary N) is 1. The maximum absolute atomic E-state index is 14.3. The van der Waals surface area contributed by atoms with Gasteiger partial charge in [-0.15, -0.1) is 0 Å². The Morgan fingerprint density at radius 1 is 0.977 bits per heavy atom. The fraction of sp³-hybridized carbons (Fsp3) is 0.394. The zero-order chi connectivity index (χ0) is 31.0. The van der Waals surface area contributed by atoms with Gasteiger partial charge >= 0.3 is 0 Å². The minimum Gasteiger partial charge on any atom is -0.495 e. The summed E-state index contributed by atoms with van der Waals surface area (Å²) in [6.07, 6.45) is 6.33. The lowest BCUT2D eigenvalue weighted by atomic mass is 9.94. The van der Waals surface area contributed by atoms with E-state index in [9.17, 15) is 18.0 Å². The van der Waals surface area contributed by atoms with Gasteiger partial charge in [-0.25, -0.2) is 8.42 Å². The molecule has 1 aliphatic carbocycles. The molecule has 1 fully saturated rings. The summed E-state index contributed by atoms with van der Waals surface area (Å²) in [4.78, 5) is 29.9. The molecular formula is C33H40ClN3O5S. The van der Waals surface area contributed by atoms with Gasteiger partial charge in [0.2, 0.25) is 21.8 Å². The van der Waals surface area contributed by atoms with Crippen molar-refractivity contribution in [2.24, 2.45) is 0 Å². The highest BCUT2D eigenvalue weighted by molar-refractivity contribution is 7.92. The number of amides is 2. The third-order valence-corrected chi connectivity index (χ3v) is 9.11. The SMILES string of the molecule is COc1ccc(Cl)cc1N(CC(=O)N(Cc1cccc(C)c1)[C@@H](Cc1ccccc1)C(=O)NC1CCCCC1)S(C)(=O)=O. The van der Waals surface area contributed by atoms with Crippen molar-refractivity contribution in [3.63, 3.8) is 0 Å². The summed E-state index contributed by atoms with van der Waals surface area (Å²) < 4.78 is 32.6. The van der Waals surface area contributed by atoms with Crippen LogP contribution in [0.25, 0.3) is 0 Å². The van der Waals surface area contributed by atoms with Crippen LogP contribution in [0.1, 0.15) is 48.8 Å². The molecule has 0 aliphatic heterocycles. The van der Waals surface area contributed by atoms with Crippen LogP contribution in [0.5, 0.6) is 5.75 Å². The smallest absolute Gasteiger partial charge is 0.244 e. The minimum absolute atomic E-state index is 0.0404. The molecule has 1 saturated carbocycles. The zero-order valence-corrected chi connectivity index (χ0v) is 26.5. The topological polar surface area (TPSA) is 96.0 Å². The second-order valence-electron chi connectivity index (χ2n) is 11.1. The van der Waals surface area contributed by atoms with Crippen LogP contribution in [0, 0.1) is 6.92 Å². The molecule has 0 bridgehead atoms. The number of sulfonamides is 1. The van der Waals surface area contributed by atoms with Crippen molar-refractivity contribution in [3.05, 3.63) is 94.5 Å². The number of benzene rings is 3. The number of hydrogen-bond donors (Lipinski definition) is 1. The van der Waals surface area contributed by atoms with Crippen molar-refractivity contribution in [1.82, 2.24) is 10.2 Å². The molecule has 43 heavy (non-hydrogen) atoms. The van der Waals surface area contributed by atoms with Gasteiger partial charge in [-0.3, -0.25) is 13.9 Å². The fourth-order valence-electron chi connectivity index (χ4n) is 5.56. The van der Waals surface area contributed by atoms with Gasteiger partial charge in [0.1, 0.15) is 18.3 Å². The van der Waals surface area contributed by atoms with Crippen LogP contribution in [0.4, 0.5) is 5.69 Å². The van der Waals surface area contributed by atoms with Gasteiger partial charge < -0.3 is 15.0 Å². The number of ether oxygens (including phenoxy) is 1. The van der Waals surface area contributed by atoms with Crippen molar-refractivity contribution in [3.8, 4) is 5.75 Å². The molecule has 0 unspecified atom stereocenters. The molecule has 8 nitrogen and oxygen atoms in total. The summed E-state index contributed by atoms with van der Waals surface area (Å²) >= 11 is 6.24. The number of carbonyl (C=O) groups excluding carboxylic acids is 2. The third kappa shape index (κ3) is 8.97. The van der Waals surface area contributed by atoms with Crippen LogP contribution >= 0.6 is 11.6 Å². The molecule has 0 spiro atoms.